The maximum absolute atomic E-state index is 13.7. The third-order valence-corrected chi connectivity index (χ3v) is 5.25. The zero-order chi connectivity index (χ0) is 23.5. The molecule has 0 aliphatic carbocycles. The van der Waals surface area contributed by atoms with Crippen LogP contribution in [0.4, 0.5) is 8.78 Å². The zero-order valence-corrected chi connectivity index (χ0v) is 18.1. The number of H-pyrrole nitrogens is 1. The number of nitrogens with one attached hydrogen (secondary N) is 1. The third-order valence-electron chi connectivity index (χ3n) is 5.25. The first kappa shape index (κ1) is 22.3. The fourth-order valence-corrected chi connectivity index (χ4v) is 3.71. The number of hydrogen-bond acceptors (Lipinski definition) is 5. The molecule has 1 amide bonds. The van der Waals surface area contributed by atoms with Gasteiger partial charge in [-0.3, -0.25) is 14.9 Å². The molecule has 4 aromatic rings. The van der Waals surface area contributed by atoms with Gasteiger partial charge in [0.25, 0.3) is 5.91 Å². The van der Waals surface area contributed by atoms with Gasteiger partial charge in [0.1, 0.15) is 17.4 Å². The van der Waals surface area contributed by atoms with Crippen molar-refractivity contribution >= 4 is 16.8 Å². The number of hydrogen-bond donors (Lipinski definition) is 2. The fourth-order valence-electron chi connectivity index (χ4n) is 3.71. The minimum Gasteiger partial charge on any atom is -0.493 e. The molecule has 0 atom stereocenters. The number of halogens is 2. The molecule has 0 aliphatic heterocycles. The summed E-state index contributed by atoms with van der Waals surface area (Å²) in [6.07, 6.45) is 3.19. The Balaban J connectivity index is 1.63. The predicted octanol–water partition coefficient (Wildman–Crippen LogP) is 4.07. The molecule has 2 N–H and O–H groups in total. The molecule has 0 unspecified atom stereocenters. The highest BCUT2D eigenvalue weighted by molar-refractivity contribution is 5.96. The SMILES string of the molecule is CCOc1cc(C(=O)N(C)Cc2cnc(CO)c3cn[nH]c23)ccc1-c1cc(F)cc(F)c1. The molecule has 0 fully saturated rings. The lowest BCUT2D eigenvalue weighted by molar-refractivity contribution is 0.0785. The molecule has 2 heterocycles. The van der Waals surface area contributed by atoms with Gasteiger partial charge in [0.2, 0.25) is 0 Å². The summed E-state index contributed by atoms with van der Waals surface area (Å²) < 4.78 is 33.1. The number of ether oxygens (including phenoxy) is 1. The minimum atomic E-state index is -0.696. The summed E-state index contributed by atoms with van der Waals surface area (Å²) in [6, 6.07) is 8.01. The van der Waals surface area contributed by atoms with Crippen molar-refractivity contribution in [3.63, 3.8) is 0 Å². The number of carbonyl (C=O) groups excluding carboxylic acids is 1. The predicted molar refractivity (Wildman–Crippen MR) is 119 cm³/mol. The molecule has 2 aromatic carbocycles. The van der Waals surface area contributed by atoms with E-state index in [1.165, 1.54) is 17.0 Å². The Morgan fingerprint density at radius 2 is 1.91 bits per heavy atom. The highest BCUT2D eigenvalue weighted by Crippen LogP contribution is 2.32. The van der Waals surface area contributed by atoms with Crippen LogP contribution in [0.25, 0.3) is 22.0 Å². The van der Waals surface area contributed by atoms with Crippen molar-refractivity contribution in [2.75, 3.05) is 13.7 Å². The summed E-state index contributed by atoms with van der Waals surface area (Å²) in [5, 5.41) is 17.0. The number of aliphatic hydroxyl groups is 1. The molecule has 0 aliphatic rings. The van der Waals surface area contributed by atoms with E-state index in [1.807, 2.05) is 0 Å². The number of nitrogens with zero attached hydrogens (tertiary/aromatic N) is 3. The first-order valence-electron chi connectivity index (χ1n) is 10.3. The Bertz CT molecular complexity index is 1300. The first-order chi connectivity index (χ1) is 15.9. The van der Waals surface area contributed by atoms with Gasteiger partial charge in [0.15, 0.2) is 0 Å². The second-order valence-corrected chi connectivity index (χ2v) is 7.51. The standard InChI is InChI=1S/C24H22F2N4O3/c1-3-33-22-8-14(4-5-19(22)15-6-17(25)9-18(26)7-15)24(32)30(2)12-16-10-27-21(13-31)20-11-28-29-23(16)20/h4-11,31H,3,12-13H2,1-2H3,(H,28,29). The molecule has 2 aromatic heterocycles. The summed E-state index contributed by atoms with van der Waals surface area (Å²) in [5.41, 5.74) is 3.11. The summed E-state index contributed by atoms with van der Waals surface area (Å²) in [5.74, 6) is -1.31. The fraction of sp³-hybridized carbons (Fsp3) is 0.208. The van der Waals surface area contributed by atoms with Gasteiger partial charge in [-0.1, -0.05) is 0 Å². The average molecular weight is 452 g/mol. The Labute approximate surface area is 188 Å². The summed E-state index contributed by atoms with van der Waals surface area (Å²) in [4.78, 5) is 18.9. The summed E-state index contributed by atoms with van der Waals surface area (Å²) >= 11 is 0. The smallest absolute Gasteiger partial charge is 0.254 e. The molecule has 0 radical (unpaired) electrons. The van der Waals surface area contributed by atoms with Crippen molar-refractivity contribution in [3.8, 4) is 16.9 Å². The molecule has 7 nitrogen and oxygen atoms in total. The van der Waals surface area contributed by atoms with Gasteiger partial charge in [0, 0.05) is 47.9 Å². The largest absolute Gasteiger partial charge is 0.493 e. The monoisotopic (exact) mass is 452 g/mol. The number of rotatable bonds is 7. The van der Waals surface area contributed by atoms with Crippen LogP contribution in [0, 0.1) is 11.6 Å². The molecule has 9 heteroatoms. The van der Waals surface area contributed by atoms with Crippen molar-refractivity contribution < 1.29 is 23.4 Å². The molecule has 170 valence electrons. The molecule has 0 bridgehead atoms. The molecular formula is C24H22F2N4O3. The summed E-state index contributed by atoms with van der Waals surface area (Å²) in [6.45, 7) is 2.14. The van der Waals surface area contributed by atoms with Crippen LogP contribution in [0.2, 0.25) is 0 Å². The second kappa shape index (κ2) is 9.33. The van der Waals surface area contributed by atoms with Gasteiger partial charge in [0.05, 0.1) is 30.6 Å². The van der Waals surface area contributed by atoms with Gasteiger partial charge >= 0.3 is 0 Å². The Morgan fingerprint density at radius 1 is 1.15 bits per heavy atom. The van der Waals surface area contributed by atoms with Gasteiger partial charge < -0.3 is 14.7 Å². The van der Waals surface area contributed by atoms with E-state index in [-0.39, 0.29) is 19.1 Å². The average Bonchev–Trinajstić information content (AvgIpc) is 3.29. The van der Waals surface area contributed by atoms with E-state index in [0.29, 0.717) is 45.6 Å². The van der Waals surface area contributed by atoms with Crippen LogP contribution in [0.1, 0.15) is 28.5 Å². The van der Waals surface area contributed by atoms with Gasteiger partial charge in [-0.25, -0.2) is 8.78 Å². The van der Waals surface area contributed by atoms with Gasteiger partial charge in [-0.2, -0.15) is 5.10 Å². The first-order valence-corrected chi connectivity index (χ1v) is 10.3. The van der Waals surface area contributed by atoms with Crippen molar-refractivity contribution in [1.82, 2.24) is 20.1 Å². The van der Waals surface area contributed by atoms with Crippen LogP contribution in [0.3, 0.4) is 0 Å². The number of aliphatic hydroxyl groups excluding tert-OH is 1. The number of amides is 1. The number of aromatic amines is 1. The van der Waals surface area contributed by atoms with E-state index in [4.69, 9.17) is 4.74 Å². The van der Waals surface area contributed by atoms with E-state index in [1.54, 1.807) is 44.6 Å². The van der Waals surface area contributed by atoms with Crippen molar-refractivity contribution in [2.45, 2.75) is 20.1 Å². The Morgan fingerprint density at radius 3 is 2.61 bits per heavy atom. The normalized spacial score (nSPS) is 11.1. The minimum absolute atomic E-state index is 0.215. The second-order valence-electron chi connectivity index (χ2n) is 7.51. The molecule has 0 saturated carbocycles. The van der Waals surface area contributed by atoms with E-state index in [0.717, 1.165) is 11.6 Å². The van der Waals surface area contributed by atoms with E-state index < -0.39 is 11.6 Å². The Kier molecular flexibility index (Phi) is 6.32. The quantitative estimate of drug-likeness (QED) is 0.441. The summed E-state index contributed by atoms with van der Waals surface area (Å²) in [7, 11) is 1.65. The van der Waals surface area contributed by atoms with Crippen LogP contribution in [0.5, 0.6) is 5.75 Å². The van der Waals surface area contributed by atoms with Gasteiger partial charge in [-0.15, -0.1) is 0 Å². The van der Waals surface area contributed by atoms with Crippen molar-refractivity contribution in [3.05, 3.63) is 77.2 Å². The number of aromatic nitrogens is 3. The third kappa shape index (κ3) is 4.54. The Hall–Kier alpha value is -3.85. The number of benzene rings is 2. The lowest BCUT2D eigenvalue weighted by atomic mass is 10.0. The zero-order valence-electron chi connectivity index (χ0n) is 18.1. The maximum Gasteiger partial charge on any atom is 0.254 e. The van der Waals surface area contributed by atoms with E-state index in [9.17, 15) is 18.7 Å². The van der Waals surface area contributed by atoms with Crippen LogP contribution in [0.15, 0.2) is 48.8 Å². The van der Waals surface area contributed by atoms with E-state index >= 15 is 0 Å². The van der Waals surface area contributed by atoms with Crippen molar-refractivity contribution in [1.29, 1.82) is 0 Å². The maximum atomic E-state index is 13.7. The van der Waals surface area contributed by atoms with Crippen LogP contribution >= 0.6 is 0 Å². The van der Waals surface area contributed by atoms with E-state index in [2.05, 4.69) is 15.2 Å². The highest BCUT2D eigenvalue weighted by atomic mass is 19.1. The van der Waals surface area contributed by atoms with Crippen LogP contribution < -0.4 is 4.74 Å². The number of fused-ring (bicyclic) bond motifs is 1. The van der Waals surface area contributed by atoms with Crippen LogP contribution in [-0.4, -0.2) is 44.7 Å². The van der Waals surface area contributed by atoms with Crippen molar-refractivity contribution in [2.24, 2.45) is 0 Å². The molecular weight excluding hydrogens is 430 g/mol. The molecule has 4 rings (SSSR count). The van der Waals surface area contributed by atoms with Crippen LogP contribution in [-0.2, 0) is 13.2 Å². The highest BCUT2D eigenvalue weighted by Gasteiger charge is 2.18. The molecule has 0 spiro atoms. The number of carbonyl (C=O) groups is 1. The lowest BCUT2D eigenvalue weighted by Gasteiger charge is -2.19. The van der Waals surface area contributed by atoms with Gasteiger partial charge in [-0.05, 0) is 42.8 Å². The number of pyridine rings is 1. The molecule has 0 saturated heterocycles. The topological polar surface area (TPSA) is 91.3 Å². The lowest BCUT2D eigenvalue weighted by Crippen LogP contribution is -2.26. The molecule has 33 heavy (non-hydrogen) atoms.